The molecular weight excluding hydrogens is 256 g/mol. The summed E-state index contributed by atoms with van der Waals surface area (Å²) in [4.78, 5) is 12.3. The molecule has 1 aromatic rings. The molecule has 3 nitrogen and oxygen atoms in total. The van der Waals surface area contributed by atoms with E-state index in [1.165, 1.54) is 11.1 Å². The number of hydrogen-bond acceptors (Lipinski definition) is 2. The highest BCUT2D eigenvalue weighted by Crippen LogP contribution is 2.32. The third kappa shape index (κ3) is 4.31. The predicted octanol–water partition coefficient (Wildman–Crippen LogP) is 2.11. The van der Waals surface area contributed by atoms with Gasteiger partial charge in [-0.25, -0.2) is 0 Å². The maximum Gasteiger partial charge on any atom is 0.220 e. The number of rotatable bonds is 6. The Morgan fingerprint density at radius 1 is 1.42 bits per heavy atom. The first-order valence-corrected chi connectivity index (χ1v) is 7.11. The summed E-state index contributed by atoms with van der Waals surface area (Å²) in [6.45, 7) is 2.05. The summed E-state index contributed by atoms with van der Waals surface area (Å²) in [6, 6.07) is 8.15. The van der Waals surface area contributed by atoms with E-state index in [0.717, 1.165) is 19.3 Å². The maximum absolute atomic E-state index is 11.9. The van der Waals surface area contributed by atoms with Crippen molar-refractivity contribution in [3.8, 4) is 0 Å². The number of carbonyl (C=O) groups excluding carboxylic acids is 1. The summed E-state index contributed by atoms with van der Waals surface area (Å²) in [5, 5.41) is 2.95. The summed E-state index contributed by atoms with van der Waals surface area (Å²) >= 11 is 5.01. The zero-order valence-corrected chi connectivity index (χ0v) is 12.0. The van der Waals surface area contributed by atoms with Gasteiger partial charge in [-0.2, -0.15) is 0 Å². The Labute approximate surface area is 119 Å². The van der Waals surface area contributed by atoms with Crippen LogP contribution in [0.4, 0.5) is 0 Å². The molecular formula is C15H20N2OS. The molecule has 3 N–H and O–H groups in total. The average Bonchev–Trinajstić information content (AvgIpc) is 3.19. The fraction of sp³-hybridized carbons (Fsp3) is 0.467. The second-order valence-corrected chi connectivity index (χ2v) is 5.74. The molecule has 102 valence electrons. The quantitative estimate of drug-likeness (QED) is 0.782. The minimum absolute atomic E-state index is 0.0327. The average molecular weight is 276 g/mol. The van der Waals surface area contributed by atoms with Crippen LogP contribution in [0.1, 0.15) is 30.4 Å². The molecule has 2 rings (SSSR count). The van der Waals surface area contributed by atoms with E-state index in [9.17, 15) is 4.79 Å². The highest BCUT2D eigenvalue weighted by atomic mass is 32.1. The van der Waals surface area contributed by atoms with E-state index in [-0.39, 0.29) is 11.9 Å². The molecule has 0 bridgehead atoms. The second kappa shape index (κ2) is 6.15. The van der Waals surface area contributed by atoms with Gasteiger partial charge in [0, 0.05) is 6.42 Å². The molecule has 0 radical (unpaired) electrons. The molecule has 1 aliphatic rings. The van der Waals surface area contributed by atoms with Gasteiger partial charge in [0.2, 0.25) is 5.91 Å². The van der Waals surface area contributed by atoms with Crippen molar-refractivity contribution in [2.24, 2.45) is 11.7 Å². The number of nitrogens with one attached hydrogen (secondary N) is 1. The van der Waals surface area contributed by atoms with Gasteiger partial charge >= 0.3 is 0 Å². The van der Waals surface area contributed by atoms with E-state index in [4.69, 9.17) is 18.0 Å². The van der Waals surface area contributed by atoms with Crippen LogP contribution in [0.3, 0.4) is 0 Å². The Balaban J connectivity index is 1.80. The number of benzene rings is 1. The molecule has 1 aliphatic carbocycles. The number of carbonyl (C=O) groups is 1. The highest BCUT2D eigenvalue weighted by molar-refractivity contribution is 7.80. The minimum Gasteiger partial charge on any atom is -0.392 e. The first kappa shape index (κ1) is 14.0. The van der Waals surface area contributed by atoms with Crippen molar-refractivity contribution in [1.29, 1.82) is 0 Å². The van der Waals surface area contributed by atoms with Crippen LogP contribution < -0.4 is 11.1 Å². The number of thiocarbonyl (C=S) groups is 1. The zero-order valence-electron chi connectivity index (χ0n) is 11.2. The van der Waals surface area contributed by atoms with Crippen LogP contribution in [0.2, 0.25) is 0 Å². The third-order valence-corrected chi connectivity index (χ3v) is 3.73. The second-order valence-electron chi connectivity index (χ2n) is 5.27. The maximum atomic E-state index is 11.9. The van der Waals surface area contributed by atoms with Crippen molar-refractivity contribution in [3.05, 3.63) is 35.4 Å². The fourth-order valence-electron chi connectivity index (χ4n) is 2.11. The van der Waals surface area contributed by atoms with Crippen molar-refractivity contribution in [2.75, 3.05) is 0 Å². The lowest BCUT2D eigenvalue weighted by Gasteiger charge is -2.16. The van der Waals surface area contributed by atoms with E-state index in [1.54, 1.807) is 0 Å². The Kier molecular flexibility index (Phi) is 4.53. The van der Waals surface area contributed by atoms with Crippen LogP contribution in [0, 0.1) is 12.8 Å². The van der Waals surface area contributed by atoms with Gasteiger partial charge in [-0.05, 0) is 37.7 Å². The topological polar surface area (TPSA) is 55.1 Å². The number of amides is 1. The molecule has 19 heavy (non-hydrogen) atoms. The lowest BCUT2D eigenvalue weighted by molar-refractivity contribution is -0.121. The Bertz CT molecular complexity index is 466. The molecule has 1 amide bonds. The smallest absolute Gasteiger partial charge is 0.220 e. The summed E-state index contributed by atoms with van der Waals surface area (Å²) < 4.78 is 0. The number of nitrogens with two attached hydrogens (primary N) is 1. The Morgan fingerprint density at radius 3 is 2.58 bits per heavy atom. The summed E-state index contributed by atoms with van der Waals surface area (Å²) in [7, 11) is 0. The van der Waals surface area contributed by atoms with Crippen LogP contribution >= 0.6 is 12.2 Å². The molecule has 0 aliphatic heterocycles. The van der Waals surface area contributed by atoms with E-state index >= 15 is 0 Å². The van der Waals surface area contributed by atoms with Crippen LogP contribution in [0.25, 0.3) is 0 Å². The Hall–Kier alpha value is -1.42. The van der Waals surface area contributed by atoms with Crippen molar-refractivity contribution in [1.82, 2.24) is 5.32 Å². The highest BCUT2D eigenvalue weighted by Gasteiger charge is 2.33. The molecule has 1 atom stereocenters. The Morgan fingerprint density at radius 2 is 2.05 bits per heavy atom. The van der Waals surface area contributed by atoms with E-state index in [2.05, 4.69) is 36.5 Å². The zero-order chi connectivity index (χ0) is 13.8. The molecule has 0 saturated heterocycles. The van der Waals surface area contributed by atoms with E-state index < -0.39 is 0 Å². The number of aryl methyl sites for hydroxylation is 2. The van der Waals surface area contributed by atoms with Gasteiger partial charge in [-0.1, -0.05) is 42.0 Å². The van der Waals surface area contributed by atoms with Gasteiger partial charge in [0.05, 0.1) is 11.0 Å². The minimum atomic E-state index is -0.111. The molecule has 0 heterocycles. The van der Waals surface area contributed by atoms with Gasteiger partial charge in [0.1, 0.15) is 0 Å². The molecule has 0 spiro atoms. The molecule has 1 fully saturated rings. The standard InChI is InChI=1S/C15H20N2OS/c1-10-2-4-11(5-3-10)6-9-13(18)17-14(15(16)19)12-7-8-12/h2-5,12,14H,6-9H2,1H3,(H2,16,19)(H,17,18). The SMILES string of the molecule is Cc1ccc(CCC(=O)NC(C(N)=S)C2CC2)cc1. The van der Waals surface area contributed by atoms with E-state index in [0.29, 0.717) is 17.3 Å². The summed E-state index contributed by atoms with van der Waals surface area (Å²) in [6.07, 6.45) is 3.45. The number of hydrogen-bond donors (Lipinski definition) is 2. The van der Waals surface area contributed by atoms with Gasteiger partial charge in [-0.15, -0.1) is 0 Å². The van der Waals surface area contributed by atoms with Crippen molar-refractivity contribution < 1.29 is 4.79 Å². The van der Waals surface area contributed by atoms with Crippen molar-refractivity contribution in [3.63, 3.8) is 0 Å². The predicted molar refractivity (Wildman–Crippen MR) is 80.9 cm³/mol. The molecule has 1 saturated carbocycles. The van der Waals surface area contributed by atoms with Crippen molar-refractivity contribution >= 4 is 23.1 Å². The first-order valence-electron chi connectivity index (χ1n) is 6.70. The van der Waals surface area contributed by atoms with Gasteiger partial charge in [0.25, 0.3) is 0 Å². The van der Waals surface area contributed by atoms with Crippen LogP contribution in [-0.2, 0) is 11.2 Å². The van der Waals surface area contributed by atoms with E-state index in [1.807, 2.05) is 0 Å². The van der Waals surface area contributed by atoms with Crippen LogP contribution in [-0.4, -0.2) is 16.9 Å². The van der Waals surface area contributed by atoms with Gasteiger partial charge in [0.15, 0.2) is 0 Å². The summed E-state index contributed by atoms with van der Waals surface area (Å²) in [5.74, 6) is 0.492. The van der Waals surface area contributed by atoms with Crippen molar-refractivity contribution in [2.45, 2.75) is 38.6 Å². The molecule has 1 unspecified atom stereocenters. The lowest BCUT2D eigenvalue weighted by atomic mass is 10.1. The van der Waals surface area contributed by atoms with Crippen LogP contribution in [0.5, 0.6) is 0 Å². The monoisotopic (exact) mass is 276 g/mol. The lowest BCUT2D eigenvalue weighted by Crippen LogP contribution is -2.45. The van der Waals surface area contributed by atoms with Gasteiger partial charge in [-0.3, -0.25) is 4.79 Å². The summed E-state index contributed by atoms with van der Waals surface area (Å²) in [5.41, 5.74) is 8.08. The third-order valence-electron chi connectivity index (χ3n) is 3.48. The molecule has 1 aromatic carbocycles. The molecule has 4 heteroatoms. The first-order chi connectivity index (χ1) is 9.06. The normalized spacial score (nSPS) is 15.8. The molecule has 0 aromatic heterocycles. The van der Waals surface area contributed by atoms with Crippen LogP contribution in [0.15, 0.2) is 24.3 Å². The van der Waals surface area contributed by atoms with Gasteiger partial charge < -0.3 is 11.1 Å². The fourth-order valence-corrected chi connectivity index (χ4v) is 2.36. The largest absolute Gasteiger partial charge is 0.392 e.